The second kappa shape index (κ2) is 7.23. The fourth-order valence-electron chi connectivity index (χ4n) is 2.32. The molecule has 0 aromatic heterocycles. The first-order chi connectivity index (χ1) is 11.3. The molecule has 1 aromatic carbocycles. The smallest absolute Gasteiger partial charge is 0.262 e. The number of methoxy groups -OCH3 is 1. The Morgan fingerprint density at radius 2 is 2.25 bits per heavy atom. The van der Waals surface area contributed by atoms with Crippen LogP contribution in [0.1, 0.15) is 12.0 Å². The maximum Gasteiger partial charge on any atom is 0.262 e. The summed E-state index contributed by atoms with van der Waals surface area (Å²) in [5, 5.41) is 21.5. The topological polar surface area (TPSA) is 116 Å². The van der Waals surface area contributed by atoms with Gasteiger partial charge in [0.2, 0.25) is 0 Å². The second-order valence-corrected chi connectivity index (χ2v) is 8.38. The first-order valence-corrected chi connectivity index (χ1v) is 9.56. The summed E-state index contributed by atoms with van der Waals surface area (Å²) in [6.07, 6.45) is 1.68. The molecule has 9 heteroatoms. The zero-order valence-electron chi connectivity index (χ0n) is 12.7. The number of nitrogens with one attached hydrogen (secondary N) is 1. The molecular formula is C15H15BrN2O5S. The minimum Gasteiger partial charge on any atom is -0.503 e. The third-order valence-corrected chi connectivity index (χ3v) is 5.89. The number of hydrogen-bond acceptors (Lipinski definition) is 6. The van der Waals surface area contributed by atoms with Crippen LogP contribution < -0.4 is 10.1 Å². The molecule has 1 aliphatic heterocycles. The van der Waals surface area contributed by atoms with E-state index in [1.54, 1.807) is 6.07 Å². The summed E-state index contributed by atoms with van der Waals surface area (Å²) in [4.78, 5) is 12.2. The molecule has 1 saturated heterocycles. The van der Waals surface area contributed by atoms with Gasteiger partial charge < -0.3 is 15.2 Å². The third kappa shape index (κ3) is 4.27. The van der Waals surface area contributed by atoms with Gasteiger partial charge in [0.05, 0.1) is 23.1 Å². The van der Waals surface area contributed by atoms with Crippen LogP contribution in [0.15, 0.2) is 22.2 Å². The lowest BCUT2D eigenvalue weighted by Crippen LogP contribution is -2.36. The largest absolute Gasteiger partial charge is 0.503 e. The SMILES string of the molecule is COc1cc(C=C(C#N)C(=O)NC2CCS(=O)(=O)C2)cc(Br)c1O. The molecule has 2 rings (SSSR count). The van der Waals surface area contributed by atoms with Crippen molar-refractivity contribution in [2.45, 2.75) is 12.5 Å². The van der Waals surface area contributed by atoms with E-state index < -0.39 is 21.8 Å². The average molecular weight is 415 g/mol. The van der Waals surface area contributed by atoms with Gasteiger partial charge in [0.25, 0.3) is 5.91 Å². The molecule has 1 aliphatic rings. The van der Waals surface area contributed by atoms with Crippen LogP contribution >= 0.6 is 15.9 Å². The van der Waals surface area contributed by atoms with Crippen LogP contribution in [-0.2, 0) is 14.6 Å². The molecule has 2 N–H and O–H groups in total. The van der Waals surface area contributed by atoms with Crippen molar-refractivity contribution >= 4 is 37.8 Å². The first kappa shape index (κ1) is 18.3. The first-order valence-electron chi connectivity index (χ1n) is 6.95. The summed E-state index contributed by atoms with van der Waals surface area (Å²) in [5.74, 6) is -0.617. The van der Waals surface area contributed by atoms with Crippen molar-refractivity contribution in [1.29, 1.82) is 5.26 Å². The summed E-state index contributed by atoms with van der Waals surface area (Å²) in [5.41, 5.74) is 0.307. The normalized spacial score (nSPS) is 19.5. The zero-order chi connectivity index (χ0) is 17.9. The number of nitrogens with zero attached hydrogens (tertiary/aromatic N) is 1. The number of benzene rings is 1. The number of rotatable bonds is 4. The molecule has 128 valence electrons. The van der Waals surface area contributed by atoms with Gasteiger partial charge >= 0.3 is 0 Å². The summed E-state index contributed by atoms with van der Waals surface area (Å²) in [7, 11) is -1.74. The molecule has 1 fully saturated rings. The molecule has 0 radical (unpaired) electrons. The highest BCUT2D eigenvalue weighted by atomic mass is 79.9. The Bertz CT molecular complexity index is 842. The van der Waals surface area contributed by atoms with Gasteiger partial charge in [-0.1, -0.05) is 0 Å². The molecule has 1 unspecified atom stereocenters. The second-order valence-electron chi connectivity index (χ2n) is 5.30. The number of carbonyl (C=O) groups excluding carboxylic acids is 1. The molecule has 24 heavy (non-hydrogen) atoms. The Kier molecular flexibility index (Phi) is 5.51. The fourth-order valence-corrected chi connectivity index (χ4v) is 4.45. The lowest BCUT2D eigenvalue weighted by atomic mass is 10.1. The van der Waals surface area contributed by atoms with E-state index in [0.717, 1.165) is 0 Å². The van der Waals surface area contributed by atoms with Gasteiger partial charge in [0.15, 0.2) is 21.3 Å². The Hall–Kier alpha value is -2.05. The highest BCUT2D eigenvalue weighted by Crippen LogP contribution is 2.35. The van der Waals surface area contributed by atoms with E-state index in [1.165, 1.54) is 25.3 Å². The van der Waals surface area contributed by atoms with Crippen molar-refractivity contribution < 1.29 is 23.1 Å². The predicted octanol–water partition coefficient (Wildman–Crippen LogP) is 1.37. The minimum absolute atomic E-state index is 0.0334. The number of phenolic OH excluding ortho intramolecular Hbond substituents is 1. The molecule has 1 aromatic rings. The lowest BCUT2D eigenvalue weighted by molar-refractivity contribution is -0.117. The summed E-state index contributed by atoms with van der Waals surface area (Å²) in [6.45, 7) is 0. The molecule has 1 heterocycles. The monoisotopic (exact) mass is 414 g/mol. The van der Waals surface area contributed by atoms with E-state index >= 15 is 0 Å². The molecule has 1 atom stereocenters. The highest BCUT2D eigenvalue weighted by Gasteiger charge is 2.29. The summed E-state index contributed by atoms with van der Waals surface area (Å²) in [6, 6.07) is 4.32. The summed E-state index contributed by atoms with van der Waals surface area (Å²) < 4.78 is 28.2. The zero-order valence-corrected chi connectivity index (χ0v) is 15.1. The van der Waals surface area contributed by atoms with Crippen molar-refractivity contribution in [2.75, 3.05) is 18.6 Å². The van der Waals surface area contributed by atoms with Gasteiger partial charge in [-0.2, -0.15) is 5.26 Å². The van der Waals surface area contributed by atoms with Crippen LogP contribution in [0.3, 0.4) is 0 Å². The number of hydrogen-bond donors (Lipinski definition) is 2. The van der Waals surface area contributed by atoms with Crippen molar-refractivity contribution in [1.82, 2.24) is 5.32 Å². The van der Waals surface area contributed by atoms with Crippen molar-refractivity contribution in [3.63, 3.8) is 0 Å². The van der Waals surface area contributed by atoms with E-state index in [2.05, 4.69) is 21.2 Å². The van der Waals surface area contributed by atoms with Gasteiger partial charge in [0.1, 0.15) is 11.6 Å². The molecule has 0 aliphatic carbocycles. The number of phenols is 1. The molecule has 7 nitrogen and oxygen atoms in total. The average Bonchev–Trinajstić information content (AvgIpc) is 2.86. The molecule has 0 spiro atoms. The van der Waals surface area contributed by atoms with Crippen LogP contribution in [0.5, 0.6) is 11.5 Å². The third-order valence-electron chi connectivity index (χ3n) is 3.51. The Labute approximate surface area is 148 Å². The lowest BCUT2D eigenvalue weighted by Gasteiger charge is -2.10. The molecular weight excluding hydrogens is 400 g/mol. The number of halogens is 1. The number of aromatic hydroxyl groups is 1. The Morgan fingerprint density at radius 3 is 2.79 bits per heavy atom. The number of amides is 1. The maximum absolute atomic E-state index is 12.2. The van der Waals surface area contributed by atoms with Gasteiger partial charge in [0, 0.05) is 6.04 Å². The molecule has 1 amide bonds. The van der Waals surface area contributed by atoms with Crippen molar-refractivity contribution in [2.24, 2.45) is 0 Å². The molecule has 0 saturated carbocycles. The van der Waals surface area contributed by atoms with Crippen LogP contribution in [0.25, 0.3) is 6.08 Å². The van der Waals surface area contributed by atoms with Gasteiger partial charge in [-0.3, -0.25) is 4.79 Å². The van der Waals surface area contributed by atoms with Crippen molar-refractivity contribution in [3.05, 3.63) is 27.7 Å². The van der Waals surface area contributed by atoms with Crippen LogP contribution in [0.2, 0.25) is 0 Å². The number of nitriles is 1. The van der Waals surface area contributed by atoms with E-state index in [1.807, 2.05) is 0 Å². The number of carbonyl (C=O) groups is 1. The van der Waals surface area contributed by atoms with E-state index in [-0.39, 0.29) is 28.6 Å². The van der Waals surface area contributed by atoms with Crippen LogP contribution in [0.4, 0.5) is 0 Å². The van der Waals surface area contributed by atoms with E-state index in [4.69, 9.17) is 4.74 Å². The quantitative estimate of drug-likeness (QED) is 0.567. The molecule has 0 bridgehead atoms. The summed E-state index contributed by atoms with van der Waals surface area (Å²) >= 11 is 3.16. The van der Waals surface area contributed by atoms with Crippen LogP contribution in [0, 0.1) is 11.3 Å². The van der Waals surface area contributed by atoms with Crippen molar-refractivity contribution in [3.8, 4) is 17.6 Å². The fraction of sp³-hybridized carbons (Fsp3) is 0.333. The van der Waals surface area contributed by atoms with Crippen LogP contribution in [-0.4, -0.2) is 44.1 Å². The van der Waals surface area contributed by atoms with E-state index in [0.29, 0.717) is 16.5 Å². The van der Waals surface area contributed by atoms with E-state index in [9.17, 15) is 23.6 Å². The predicted molar refractivity (Wildman–Crippen MR) is 91.2 cm³/mol. The Balaban J connectivity index is 2.22. The highest BCUT2D eigenvalue weighted by molar-refractivity contribution is 9.10. The minimum atomic E-state index is -3.12. The number of sulfone groups is 1. The Morgan fingerprint density at radius 1 is 1.54 bits per heavy atom. The van der Waals surface area contributed by atoms with Gasteiger partial charge in [-0.05, 0) is 46.1 Å². The van der Waals surface area contributed by atoms with Gasteiger partial charge in [-0.15, -0.1) is 0 Å². The number of ether oxygens (including phenoxy) is 1. The standard InChI is InChI=1S/C15H15BrN2O5S/c1-23-13-6-9(5-12(16)14(13)19)4-10(7-17)15(20)18-11-2-3-24(21,22)8-11/h4-6,11,19H,2-3,8H2,1H3,(H,18,20). The van der Waals surface area contributed by atoms with Gasteiger partial charge in [-0.25, -0.2) is 8.42 Å². The maximum atomic E-state index is 12.2.